The number of ether oxygens (including phenoxy) is 2. The fourth-order valence-electron chi connectivity index (χ4n) is 3.41. The number of hydrogen-bond acceptors (Lipinski definition) is 7. The van der Waals surface area contributed by atoms with Crippen molar-refractivity contribution in [2.24, 2.45) is 0 Å². The standard InChI is InChI=1S/C21H22FN3O4S2/c1-28-19-8-3-15(13-20(19)29-2)18-14-30-21(23-18)24-9-11-25(12-10-24)31(26,27)17-6-4-16(22)5-7-17/h3-8,13-14H,9-12H2,1-2H3. The number of anilines is 1. The minimum atomic E-state index is -3.64. The molecule has 0 saturated carbocycles. The van der Waals surface area contributed by atoms with E-state index in [0.717, 1.165) is 28.5 Å². The molecule has 3 aromatic rings. The normalized spacial score (nSPS) is 15.1. The second-order valence-electron chi connectivity index (χ2n) is 6.93. The molecule has 1 saturated heterocycles. The van der Waals surface area contributed by atoms with Gasteiger partial charge in [-0.2, -0.15) is 4.31 Å². The molecule has 0 bridgehead atoms. The predicted molar refractivity (Wildman–Crippen MR) is 118 cm³/mol. The van der Waals surface area contributed by atoms with Crippen LogP contribution in [0.2, 0.25) is 0 Å². The second kappa shape index (κ2) is 8.81. The molecular weight excluding hydrogens is 441 g/mol. The number of aromatic nitrogens is 1. The number of benzene rings is 2. The maximum atomic E-state index is 13.1. The highest BCUT2D eigenvalue weighted by Crippen LogP contribution is 2.34. The van der Waals surface area contributed by atoms with Crippen LogP contribution in [0.15, 0.2) is 52.7 Å². The first-order valence-electron chi connectivity index (χ1n) is 9.61. The van der Waals surface area contributed by atoms with E-state index in [0.29, 0.717) is 37.7 Å². The molecule has 1 aromatic heterocycles. The summed E-state index contributed by atoms with van der Waals surface area (Å²) in [7, 11) is -0.457. The monoisotopic (exact) mass is 463 g/mol. The highest BCUT2D eigenvalue weighted by atomic mass is 32.2. The van der Waals surface area contributed by atoms with Gasteiger partial charge < -0.3 is 14.4 Å². The van der Waals surface area contributed by atoms with Gasteiger partial charge in [0.2, 0.25) is 10.0 Å². The van der Waals surface area contributed by atoms with Gasteiger partial charge in [-0.3, -0.25) is 0 Å². The Hall–Kier alpha value is -2.69. The van der Waals surface area contributed by atoms with Gasteiger partial charge in [-0.05, 0) is 42.5 Å². The van der Waals surface area contributed by atoms with Crippen LogP contribution in [-0.4, -0.2) is 58.1 Å². The molecule has 0 aliphatic carbocycles. The molecule has 2 aromatic carbocycles. The predicted octanol–water partition coefficient (Wildman–Crippen LogP) is 3.48. The summed E-state index contributed by atoms with van der Waals surface area (Å²) in [5.74, 6) is 0.826. The lowest BCUT2D eigenvalue weighted by molar-refractivity contribution is 0.355. The molecule has 2 heterocycles. The van der Waals surface area contributed by atoms with E-state index >= 15 is 0 Å². The first-order chi connectivity index (χ1) is 14.9. The molecule has 4 rings (SSSR count). The summed E-state index contributed by atoms with van der Waals surface area (Å²) in [6.07, 6.45) is 0. The van der Waals surface area contributed by atoms with E-state index in [4.69, 9.17) is 14.5 Å². The van der Waals surface area contributed by atoms with E-state index in [1.54, 1.807) is 14.2 Å². The number of methoxy groups -OCH3 is 2. The lowest BCUT2D eigenvalue weighted by atomic mass is 10.1. The Morgan fingerprint density at radius 1 is 0.968 bits per heavy atom. The molecule has 0 amide bonds. The molecule has 0 N–H and O–H groups in total. The van der Waals surface area contributed by atoms with Crippen molar-refractivity contribution in [1.29, 1.82) is 0 Å². The van der Waals surface area contributed by atoms with E-state index in [1.165, 1.54) is 27.8 Å². The Bertz CT molecular complexity index is 1160. The molecule has 1 aliphatic rings. The Kier molecular flexibility index (Phi) is 6.12. The highest BCUT2D eigenvalue weighted by Gasteiger charge is 2.29. The van der Waals surface area contributed by atoms with Crippen molar-refractivity contribution in [2.75, 3.05) is 45.3 Å². The number of thiazole rings is 1. The summed E-state index contributed by atoms with van der Waals surface area (Å²) in [4.78, 5) is 6.91. The Balaban J connectivity index is 1.45. The number of nitrogens with zero attached hydrogens (tertiary/aromatic N) is 3. The van der Waals surface area contributed by atoms with Crippen molar-refractivity contribution in [1.82, 2.24) is 9.29 Å². The van der Waals surface area contributed by atoms with Gasteiger partial charge in [-0.25, -0.2) is 17.8 Å². The van der Waals surface area contributed by atoms with Gasteiger partial charge in [0.15, 0.2) is 16.6 Å². The summed E-state index contributed by atoms with van der Waals surface area (Å²) in [6, 6.07) is 10.6. The summed E-state index contributed by atoms with van der Waals surface area (Å²) in [6.45, 7) is 1.73. The van der Waals surface area contributed by atoms with Gasteiger partial charge >= 0.3 is 0 Å². The molecule has 31 heavy (non-hydrogen) atoms. The van der Waals surface area contributed by atoms with E-state index in [-0.39, 0.29) is 4.90 Å². The van der Waals surface area contributed by atoms with Crippen LogP contribution in [0.1, 0.15) is 0 Å². The highest BCUT2D eigenvalue weighted by molar-refractivity contribution is 7.89. The summed E-state index contributed by atoms with van der Waals surface area (Å²) >= 11 is 1.51. The first-order valence-corrected chi connectivity index (χ1v) is 11.9. The van der Waals surface area contributed by atoms with Crippen LogP contribution in [0, 0.1) is 5.82 Å². The van der Waals surface area contributed by atoms with Gasteiger partial charge in [0.1, 0.15) is 5.82 Å². The summed E-state index contributed by atoms with van der Waals surface area (Å²) in [5, 5.41) is 2.81. The molecule has 0 atom stereocenters. The van der Waals surface area contributed by atoms with E-state index in [1.807, 2.05) is 23.6 Å². The molecule has 164 valence electrons. The maximum absolute atomic E-state index is 13.1. The van der Waals surface area contributed by atoms with Crippen LogP contribution < -0.4 is 14.4 Å². The lowest BCUT2D eigenvalue weighted by Gasteiger charge is -2.33. The third kappa shape index (κ3) is 4.36. The van der Waals surface area contributed by atoms with Crippen LogP contribution in [0.4, 0.5) is 9.52 Å². The molecular formula is C21H22FN3O4S2. The fourth-order valence-corrected chi connectivity index (χ4v) is 5.72. The average Bonchev–Trinajstić information content (AvgIpc) is 3.29. The van der Waals surface area contributed by atoms with E-state index in [2.05, 4.69) is 4.90 Å². The minimum absolute atomic E-state index is 0.104. The van der Waals surface area contributed by atoms with Gasteiger partial charge in [0.25, 0.3) is 0 Å². The van der Waals surface area contributed by atoms with Crippen LogP contribution in [0.3, 0.4) is 0 Å². The SMILES string of the molecule is COc1ccc(-c2csc(N3CCN(S(=O)(=O)c4ccc(F)cc4)CC3)n2)cc1OC. The van der Waals surface area contributed by atoms with Crippen molar-refractivity contribution < 1.29 is 22.3 Å². The molecule has 1 fully saturated rings. The van der Waals surface area contributed by atoms with Crippen molar-refractivity contribution >= 4 is 26.5 Å². The van der Waals surface area contributed by atoms with Gasteiger partial charge in [-0.15, -0.1) is 11.3 Å². The van der Waals surface area contributed by atoms with Crippen molar-refractivity contribution in [3.8, 4) is 22.8 Å². The number of sulfonamides is 1. The van der Waals surface area contributed by atoms with Crippen molar-refractivity contribution in [2.45, 2.75) is 4.90 Å². The van der Waals surface area contributed by atoms with Crippen LogP contribution in [0.5, 0.6) is 11.5 Å². The van der Waals surface area contributed by atoms with Crippen LogP contribution in [0.25, 0.3) is 11.3 Å². The first kappa shape index (κ1) is 21.5. The second-order valence-corrected chi connectivity index (χ2v) is 9.70. The average molecular weight is 464 g/mol. The third-order valence-corrected chi connectivity index (χ3v) is 7.95. The Morgan fingerprint density at radius 2 is 1.65 bits per heavy atom. The Morgan fingerprint density at radius 3 is 2.29 bits per heavy atom. The zero-order valence-corrected chi connectivity index (χ0v) is 18.7. The molecule has 0 radical (unpaired) electrons. The number of piperazine rings is 1. The van der Waals surface area contributed by atoms with Gasteiger partial charge in [-0.1, -0.05) is 0 Å². The molecule has 10 heteroatoms. The van der Waals surface area contributed by atoms with Crippen molar-refractivity contribution in [3.05, 3.63) is 53.7 Å². The topological polar surface area (TPSA) is 72.0 Å². The molecule has 0 spiro atoms. The zero-order valence-electron chi connectivity index (χ0n) is 17.1. The molecule has 0 unspecified atom stereocenters. The summed E-state index contributed by atoms with van der Waals surface area (Å²) in [5.41, 5.74) is 1.74. The minimum Gasteiger partial charge on any atom is -0.493 e. The van der Waals surface area contributed by atoms with Crippen molar-refractivity contribution in [3.63, 3.8) is 0 Å². The lowest BCUT2D eigenvalue weighted by Crippen LogP contribution is -2.48. The van der Waals surface area contributed by atoms with Gasteiger partial charge in [0.05, 0.1) is 24.8 Å². The summed E-state index contributed by atoms with van der Waals surface area (Å²) < 4.78 is 50.8. The Labute approximate surface area is 184 Å². The van der Waals surface area contributed by atoms with Crippen LogP contribution in [-0.2, 0) is 10.0 Å². The number of halogens is 1. The largest absolute Gasteiger partial charge is 0.493 e. The van der Waals surface area contributed by atoms with Crippen LogP contribution >= 0.6 is 11.3 Å². The fraction of sp³-hybridized carbons (Fsp3) is 0.286. The quantitative estimate of drug-likeness (QED) is 0.557. The van der Waals surface area contributed by atoms with E-state index in [9.17, 15) is 12.8 Å². The number of hydrogen-bond donors (Lipinski definition) is 0. The van der Waals surface area contributed by atoms with Gasteiger partial charge in [0, 0.05) is 37.1 Å². The van der Waals surface area contributed by atoms with E-state index < -0.39 is 15.8 Å². The molecule has 1 aliphatic heterocycles. The molecule has 7 nitrogen and oxygen atoms in total. The zero-order chi connectivity index (χ0) is 22.0. The maximum Gasteiger partial charge on any atom is 0.243 e. The smallest absolute Gasteiger partial charge is 0.243 e. The third-order valence-electron chi connectivity index (χ3n) is 5.13. The number of rotatable bonds is 6.